The van der Waals surface area contributed by atoms with E-state index >= 15 is 0 Å². The van der Waals surface area contributed by atoms with E-state index in [4.69, 9.17) is 0 Å². The van der Waals surface area contributed by atoms with Crippen LogP contribution in [0.1, 0.15) is 23.2 Å². The van der Waals surface area contributed by atoms with Crippen molar-refractivity contribution in [2.24, 2.45) is 0 Å². The number of pyridine rings is 1. The molecular formula is C18H23N3O2. The lowest BCUT2D eigenvalue weighted by Gasteiger charge is -2.03. The van der Waals surface area contributed by atoms with Crippen molar-refractivity contribution in [2.75, 3.05) is 12.4 Å². The summed E-state index contributed by atoms with van der Waals surface area (Å²) in [5.41, 5.74) is 4.08. The number of amides is 2. The predicted molar refractivity (Wildman–Crippen MR) is 92.2 cm³/mol. The van der Waals surface area contributed by atoms with Crippen molar-refractivity contribution in [3.63, 3.8) is 0 Å². The van der Waals surface area contributed by atoms with E-state index in [2.05, 4.69) is 21.7 Å². The largest absolute Gasteiger partial charge is 0.359 e. The Kier molecular flexibility index (Phi) is 8.07. The third kappa shape index (κ3) is 7.76. The number of hydrogen-bond acceptors (Lipinski definition) is 3. The maximum Gasteiger partial charge on any atom is 0.220 e. The maximum atomic E-state index is 11.0. The van der Waals surface area contributed by atoms with E-state index in [9.17, 15) is 9.59 Å². The lowest BCUT2D eigenvalue weighted by Crippen LogP contribution is -2.17. The summed E-state index contributed by atoms with van der Waals surface area (Å²) in [6.45, 7) is 4.02. The number of anilines is 1. The molecule has 0 fully saturated rings. The van der Waals surface area contributed by atoms with E-state index in [0.29, 0.717) is 19.3 Å². The molecule has 23 heavy (non-hydrogen) atoms. The molecule has 1 heterocycles. The minimum Gasteiger partial charge on any atom is -0.359 e. The van der Waals surface area contributed by atoms with Crippen LogP contribution in [-0.2, 0) is 16.0 Å². The number of carbonyl (C=O) groups excluding carboxylic acids is 2. The van der Waals surface area contributed by atoms with E-state index in [1.54, 1.807) is 13.1 Å². The van der Waals surface area contributed by atoms with Crippen molar-refractivity contribution in [2.45, 2.75) is 26.7 Å². The highest BCUT2D eigenvalue weighted by molar-refractivity contribution is 5.76. The SMILES string of the molecule is CNC(=O)CCc1cccc(NC=O)c1.Cc1ccc(C)nc1. The first-order valence-corrected chi connectivity index (χ1v) is 7.44. The van der Waals surface area contributed by atoms with Crippen molar-refractivity contribution >= 4 is 18.0 Å². The van der Waals surface area contributed by atoms with Gasteiger partial charge in [0.1, 0.15) is 0 Å². The molecule has 2 rings (SSSR count). The molecule has 0 aliphatic heterocycles. The van der Waals surface area contributed by atoms with Crippen molar-refractivity contribution < 1.29 is 9.59 Å². The van der Waals surface area contributed by atoms with E-state index in [-0.39, 0.29) is 5.91 Å². The van der Waals surface area contributed by atoms with Crippen LogP contribution in [-0.4, -0.2) is 24.3 Å². The zero-order chi connectivity index (χ0) is 17.1. The molecule has 0 bridgehead atoms. The summed E-state index contributed by atoms with van der Waals surface area (Å²) in [5, 5.41) is 5.13. The van der Waals surface area contributed by atoms with Gasteiger partial charge in [0.05, 0.1) is 0 Å². The fourth-order valence-electron chi connectivity index (χ4n) is 1.81. The van der Waals surface area contributed by atoms with Gasteiger partial charge in [0, 0.05) is 31.0 Å². The highest BCUT2D eigenvalue weighted by Gasteiger charge is 2.00. The number of carbonyl (C=O) groups is 2. The standard InChI is InChI=1S/C11H14N2O2.C7H9N/c1-12-11(15)6-5-9-3-2-4-10(7-9)13-8-14;1-6-3-4-7(2)8-5-6/h2-4,7-8H,5-6H2,1H3,(H,12,15)(H,13,14);3-5H,1-2H3. The van der Waals surface area contributed by atoms with E-state index in [1.807, 2.05) is 44.3 Å². The molecule has 0 spiro atoms. The predicted octanol–water partition coefficient (Wildman–Crippen LogP) is 2.63. The van der Waals surface area contributed by atoms with Crippen LogP contribution in [0, 0.1) is 13.8 Å². The number of nitrogens with one attached hydrogen (secondary N) is 2. The average molecular weight is 313 g/mol. The second-order valence-electron chi connectivity index (χ2n) is 5.11. The number of aryl methyl sites for hydroxylation is 3. The summed E-state index contributed by atoms with van der Waals surface area (Å²) < 4.78 is 0. The fraction of sp³-hybridized carbons (Fsp3) is 0.278. The Balaban J connectivity index is 0.000000277. The molecule has 0 saturated carbocycles. The first-order valence-electron chi connectivity index (χ1n) is 7.44. The van der Waals surface area contributed by atoms with Crippen LogP contribution >= 0.6 is 0 Å². The number of rotatable bonds is 5. The molecule has 2 N–H and O–H groups in total. The van der Waals surface area contributed by atoms with Crippen LogP contribution in [0.2, 0.25) is 0 Å². The van der Waals surface area contributed by atoms with Gasteiger partial charge in [-0.25, -0.2) is 0 Å². The molecule has 5 heteroatoms. The van der Waals surface area contributed by atoms with Crippen molar-refractivity contribution in [3.05, 3.63) is 59.4 Å². The van der Waals surface area contributed by atoms with Crippen LogP contribution in [0.15, 0.2) is 42.6 Å². The van der Waals surface area contributed by atoms with Gasteiger partial charge < -0.3 is 10.6 Å². The summed E-state index contributed by atoms with van der Waals surface area (Å²) >= 11 is 0. The number of benzene rings is 1. The van der Waals surface area contributed by atoms with Crippen LogP contribution in [0.5, 0.6) is 0 Å². The summed E-state index contributed by atoms with van der Waals surface area (Å²) in [6.07, 6.45) is 3.64. The van der Waals surface area contributed by atoms with Gasteiger partial charge in [-0.05, 0) is 49.6 Å². The van der Waals surface area contributed by atoms with Gasteiger partial charge in [0.2, 0.25) is 12.3 Å². The van der Waals surface area contributed by atoms with Gasteiger partial charge in [0.15, 0.2) is 0 Å². The minimum atomic E-state index is 0.0174. The Hall–Kier alpha value is -2.69. The molecule has 1 aromatic carbocycles. The Morgan fingerprint density at radius 3 is 2.57 bits per heavy atom. The minimum absolute atomic E-state index is 0.0174. The Morgan fingerprint density at radius 1 is 1.22 bits per heavy atom. The zero-order valence-electron chi connectivity index (χ0n) is 13.8. The monoisotopic (exact) mass is 313 g/mol. The second-order valence-corrected chi connectivity index (χ2v) is 5.11. The molecule has 2 aromatic rings. The molecule has 2 amide bonds. The van der Waals surface area contributed by atoms with Gasteiger partial charge in [-0.3, -0.25) is 14.6 Å². The highest BCUT2D eigenvalue weighted by Crippen LogP contribution is 2.11. The van der Waals surface area contributed by atoms with Gasteiger partial charge >= 0.3 is 0 Å². The van der Waals surface area contributed by atoms with Crippen LogP contribution < -0.4 is 10.6 Å². The summed E-state index contributed by atoms with van der Waals surface area (Å²) in [7, 11) is 1.62. The summed E-state index contributed by atoms with van der Waals surface area (Å²) in [5.74, 6) is 0.0174. The second kappa shape index (κ2) is 10.1. The highest BCUT2D eigenvalue weighted by atomic mass is 16.1. The average Bonchev–Trinajstić information content (AvgIpc) is 2.56. The summed E-state index contributed by atoms with van der Waals surface area (Å²) in [6, 6.07) is 11.5. The van der Waals surface area contributed by atoms with Crippen molar-refractivity contribution in [1.82, 2.24) is 10.3 Å². The molecule has 0 saturated heterocycles. The van der Waals surface area contributed by atoms with E-state index < -0.39 is 0 Å². The first-order chi connectivity index (χ1) is 11.0. The molecule has 5 nitrogen and oxygen atoms in total. The maximum absolute atomic E-state index is 11.0. The van der Waals surface area contributed by atoms with Crippen LogP contribution in [0.25, 0.3) is 0 Å². The fourth-order valence-corrected chi connectivity index (χ4v) is 1.81. The van der Waals surface area contributed by atoms with Crippen LogP contribution in [0.4, 0.5) is 5.69 Å². The van der Waals surface area contributed by atoms with Gasteiger partial charge in [-0.2, -0.15) is 0 Å². The van der Waals surface area contributed by atoms with E-state index in [0.717, 1.165) is 16.9 Å². The smallest absolute Gasteiger partial charge is 0.220 e. The van der Waals surface area contributed by atoms with Gasteiger partial charge in [0.25, 0.3) is 0 Å². The van der Waals surface area contributed by atoms with Gasteiger partial charge in [-0.15, -0.1) is 0 Å². The zero-order valence-corrected chi connectivity index (χ0v) is 13.8. The molecule has 0 radical (unpaired) electrons. The number of nitrogens with zero attached hydrogens (tertiary/aromatic N) is 1. The van der Waals surface area contributed by atoms with Crippen molar-refractivity contribution in [3.8, 4) is 0 Å². The molecular weight excluding hydrogens is 290 g/mol. The van der Waals surface area contributed by atoms with Gasteiger partial charge in [-0.1, -0.05) is 18.2 Å². The first kappa shape index (κ1) is 18.4. The molecule has 1 aromatic heterocycles. The molecule has 0 atom stereocenters. The third-order valence-corrected chi connectivity index (χ3v) is 3.13. The summed E-state index contributed by atoms with van der Waals surface area (Å²) in [4.78, 5) is 25.3. The normalized spacial score (nSPS) is 9.35. The Labute approximate surface area is 137 Å². The molecule has 122 valence electrons. The number of aromatic nitrogens is 1. The van der Waals surface area contributed by atoms with Crippen molar-refractivity contribution in [1.29, 1.82) is 0 Å². The quantitative estimate of drug-likeness (QED) is 0.834. The van der Waals surface area contributed by atoms with Crippen LogP contribution in [0.3, 0.4) is 0 Å². The third-order valence-electron chi connectivity index (χ3n) is 3.13. The Morgan fingerprint density at radius 2 is 2.00 bits per heavy atom. The van der Waals surface area contributed by atoms with E-state index in [1.165, 1.54) is 5.56 Å². The molecule has 0 aliphatic carbocycles. The topological polar surface area (TPSA) is 71.1 Å². The Bertz CT molecular complexity index is 603. The molecule has 0 aliphatic rings. The number of hydrogen-bond donors (Lipinski definition) is 2. The molecule has 0 unspecified atom stereocenters. The lowest BCUT2D eigenvalue weighted by molar-refractivity contribution is -0.120. The lowest BCUT2D eigenvalue weighted by atomic mass is 10.1.